The van der Waals surface area contributed by atoms with E-state index in [1.807, 2.05) is 25.1 Å². The van der Waals surface area contributed by atoms with Crippen LogP contribution in [0.4, 0.5) is 0 Å². The van der Waals surface area contributed by atoms with Gasteiger partial charge in [-0.2, -0.15) is 5.10 Å². The average molecular weight is 317 g/mol. The number of likely N-dealkylation sites (tertiary alicyclic amines) is 1. The van der Waals surface area contributed by atoms with Crippen molar-refractivity contribution in [2.75, 3.05) is 20.2 Å². The Morgan fingerprint density at radius 1 is 1.48 bits per heavy atom. The van der Waals surface area contributed by atoms with E-state index in [2.05, 4.69) is 14.6 Å². The van der Waals surface area contributed by atoms with Gasteiger partial charge in [0.05, 0.1) is 6.04 Å². The lowest BCUT2D eigenvalue weighted by atomic mass is 10.0. The molecule has 3 heterocycles. The number of methoxy groups -OCH3 is 1. The third kappa shape index (κ3) is 3.14. The van der Waals surface area contributed by atoms with Gasteiger partial charge in [-0.05, 0) is 25.8 Å². The SMILES string of the molecule is COCc1ncc(C)n1C1CCCN(C(=O)c2ccn(C)n2)C1. The Kier molecular flexibility index (Phi) is 4.47. The summed E-state index contributed by atoms with van der Waals surface area (Å²) in [5, 5.41) is 4.22. The summed E-state index contributed by atoms with van der Waals surface area (Å²) in [5.41, 5.74) is 1.61. The molecule has 0 N–H and O–H groups in total. The van der Waals surface area contributed by atoms with E-state index in [9.17, 15) is 4.79 Å². The molecule has 1 aliphatic rings. The van der Waals surface area contributed by atoms with Crippen LogP contribution in [-0.4, -0.2) is 50.3 Å². The minimum absolute atomic E-state index is 0.00126. The van der Waals surface area contributed by atoms with E-state index in [4.69, 9.17) is 4.74 Å². The van der Waals surface area contributed by atoms with Gasteiger partial charge in [0.2, 0.25) is 0 Å². The van der Waals surface area contributed by atoms with Crippen LogP contribution < -0.4 is 0 Å². The molecule has 0 saturated carbocycles. The summed E-state index contributed by atoms with van der Waals surface area (Å²) in [5.74, 6) is 0.920. The summed E-state index contributed by atoms with van der Waals surface area (Å²) in [6, 6.07) is 2.01. The summed E-state index contributed by atoms with van der Waals surface area (Å²) < 4.78 is 9.11. The highest BCUT2D eigenvalue weighted by Crippen LogP contribution is 2.25. The van der Waals surface area contributed by atoms with E-state index in [-0.39, 0.29) is 11.9 Å². The number of hydrogen-bond donors (Lipinski definition) is 0. The molecular formula is C16H23N5O2. The molecule has 1 saturated heterocycles. The van der Waals surface area contributed by atoms with E-state index in [0.717, 1.165) is 30.9 Å². The number of imidazole rings is 1. The molecular weight excluding hydrogens is 294 g/mol. The molecule has 0 radical (unpaired) electrons. The normalized spacial score (nSPS) is 18.4. The number of ether oxygens (including phenoxy) is 1. The van der Waals surface area contributed by atoms with Crippen LogP contribution in [0.1, 0.15) is 40.9 Å². The van der Waals surface area contributed by atoms with Gasteiger partial charge in [0.25, 0.3) is 5.91 Å². The zero-order valence-electron chi connectivity index (χ0n) is 13.9. The lowest BCUT2D eigenvalue weighted by Crippen LogP contribution is -2.41. The van der Waals surface area contributed by atoms with Gasteiger partial charge in [-0.1, -0.05) is 0 Å². The lowest BCUT2D eigenvalue weighted by Gasteiger charge is -2.34. The quantitative estimate of drug-likeness (QED) is 0.858. The third-order valence-corrected chi connectivity index (χ3v) is 4.31. The molecule has 1 unspecified atom stereocenters. The molecule has 0 aromatic carbocycles. The highest BCUT2D eigenvalue weighted by molar-refractivity contribution is 5.92. The zero-order chi connectivity index (χ0) is 16.4. The summed E-state index contributed by atoms with van der Waals surface area (Å²) in [6.45, 7) is 3.99. The lowest BCUT2D eigenvalue weighted by molar-refractivity contribution is 0.0665. The zero-order valence-corrected chi connectivity index (χ0v) is 13.9. The van der Waals surface area contributed by atoms with Crippen LogP contribution in [-0.2, 0) is 18.4 Å². The summed E-state index contributed by atoms with van der Waals surface area (Å²) >= 11 is 0. The van der Waals surface area contributed by atoms with Gasteiger partial charge < -0.3 is 14.2 Å². The Labute approximate surface area is 135 Å². The molecule has 1 atom stereocenters. The molecule has 0 spiro atoms. The molecule has 1 aliphatic heterocycles. The Morgan fingerprint density at radius 2 is 2.30 bits per heavy atom. The van der Waals surface area contributed by atoms with Crippen molar-refractivity contribution in [1.29, 1.82) is 0 Å². The van der Waals surface area contributed by atoms with Crippen LogP contribution in [0.2, 0.25) is 0 Å². The van der Waals surface area contributed by atoms with Crippen LogP contribution in [0.25, 0.3) is 0 Å². The van der Waals surface area contributed by atoms with Gasteiger partial charge in [-0.25, -0.2) is 4.98 Å². The number of hydrogen-bond acceptors (Lipinski definition) is 4. The average Bonchev–Trinajstić information content (AvgIpc) is 3.13. The van der Waals surface area contributed by atoms with Gasteiger partial charge in [-0.3, -0.25) is 9.48 Å². The molecule has 2 aromatic rings. The third-order valence-electron chi connectivity index (χ3n) is 4.31. The van der Waals surface area contributed by atoms with Crippen molar-refractivity contribution in [1.82, 2.24) is 24.2 Å². The van der Waals surface area contributed by atoms with Gasteiger partial charge in [-0.15, -0.1) is 0 Å². The molecule has 2 aromatic heterocycles. The fourth-order valence-corrected chi connectivity index (χ4v) is 3.27. The molecule has 1 fully saturated rings. The molecule has 23 heavy (non-hydrogen) atoms. The van der Waals surface area contributed by atoms with E-state index in [1.165, 1.54) is 0 Å². The molecule has 3 rings (SSSR count). The van der Waals surface area contributed by atoms with Crippen molar-refractivity contribution >= 4 is 5.91 Å². The first-order valence-electron chi connectivity index (χ1n) is 7.90. The van der Waals surface area contributed by atoms with E-state index < -0.39 is 0 Å². The highest BCUT2D eigenvalue weighted by Gasteiger charge is 2.28. The van der Waals surface area contributed by atoms with Gasteiger partial charge in [0.15, 0.2) is 0 Å². The van der Waals surface area contributed by atoms with Gasteiger partial charge in [0, 0.05) is 45.3 Å². The van der Waals surface area contributed by atoms with E-state index in [0.29, 0.717) is 18.8 Å². The van der Waals surface area contributed by atoms with Gasteiger partial charge in [0.1, 0.15) is 18.1 Å². The number of nitrogens with zero attached hydrogens (tertiary/aromatic N) is 5. The number of carbonyl (C=O) groups excluding carboxylic acids is 1. The molecule has 7 heteroatoms. The largest absolute Gasteiger partial charge is 0.377 e. The van der Waals surface area contributed by atoms with E-state index in [1.54, 1.807) is 24.1 Å². The van der Waals surface area contributed by atoms with Crippen LogP contribution in [0.5, 0.6) is 0 Å². The monoisotopic (exact) mass is 317 g/mol. The number of aryl methyl sites for hydroxylation is 2. The maximum absolute atomic E-state index is 12.6. The Bertz CT molecular complexity index is 690. The first-order valence-corrected chi connectivity index (χ1v) is 7.90. The van der Waals surface area contributed by atoms with Crippen LogP contribution in [0.15, 0.2) is 18.5 Å². The number of aromatic nitrogens is 4. The second kappa shape index (κ2) is 6.54. The fourth-order valence-electron chi connectivity index (χ4n) is 3.27. The van der Waals surface area contributed by atoms with Crippen molar-refractivity contribution in [2.24, 2.45) is 7.05 Å². The minimum Gasteiger partial charge on any atom is -0.377 e. The number of amides is 1. The second-order valence-electron chi connectivity index (χ2n) is 6.04. The fraction of sp³-hybridized carbons (Fsp3) is 0.562. The van der Waals surface area contributed by atoms with Crippen LogP contribution in [0.3, 0.4) is 0 Å². The predicted molar refractivity (Wildman–Crippen MR) is 85.1 cm³/mol. The standard InChI is InChI=1S/C16H23N5O2/c1-12-9-17-15(11-23-3)21(12)13-5-4-7-20(10-13)16(22)14-6-8-19(2)18-14/h6,8-9,13H,4-5,7,10-11H2,1-3H3. The minimum atomic E-state index is 0.00126. The number of rotatable bonds is 4. The molecule has 124 valence electrons. The summed E-state index contributed by atoms with van der Waals surface area (Å²) in [4.78, 5) is 19.0. The van der Waals surface area contributed by atoms with E-state index >= 15 is 0 Å². The second-order valence-corrected chi connectivity index (χ2v) is 6.04. The predicted octanol–water partition coefficient (Wildman–Crippen LogP) is 1.55. The van der Waals surface area contributed by atoms with Crippen molar-refractivity contribution in [3.63, 3.8) is 0 Å². The van der Waals surface area contributed by atoms with Crippen molar-refractivity contribution in [3.8, 4) is 0 Å². The van der Waals surface area contributed by atoms with Crippen molar-refractivity contribution < 1.29 is 9.53 Å². The Balaban J connectivity index is 1.78. The first kappa shape index (κ1) is 15.7. The van der Waals surface area contributed by atoms with Crippen LogP contribution >= 0.6 is 0 Å². The maximum Gasteiger partial charge on any atom is 0.274 e. The molecule has 0 bridgehead atoms. The van der Waals surface area contributed by atoms with Crippen LogP contribution in [0, 0.1) is 6.92 Å². The first-order chi connectivity index (χ1) is 11.1. The smallest absolute Gasteiger partial charge is 0.274 e. The number of carbonyl (C=O) groups is 1. The Hall–Kier alpha value is -2.15. The topological polar surface area (TPSA) is 65.2 Å². The summed E-state index contributed by atoms with van der Waals surface area (Å²) in [7, 11) is 3.49. The van der Waals surface area contributed by atoms with Crippen molar-refractivity contribution in [2.45, 2.75) is 32.4 Å². The molecule has 1 amide bonds. The van der Waals surface area contributed by atoms with Crippen molar-refractivity contribution in [3.05, 3.63) is 35.7 Å². The summed E-state index contributed by atoms with van der Waals surface area (Å²) in [6.07, 6.45) is 5.69. The molecule has 7 nitrogen and oxygen atoms in total. The maximum atomic E-state index is 12.6. The Morgan fingerprint density at radius 3 is 3.00 bits per heavy atom. The number of piperidine rings is 1. The van der Waals surface area contributed by atoms with Gasteiger partial charge >= 0.3 is 0 Å². The molecule has 0 aliphatic carbocycles. The highest BCUT2D eigenvalue weighted by atomic mass is 16.5.